The third kappa shape index (κ3) is 3.79. The summed E-state index contributed by atoms with van der Waals surface area (Å²) in [5.41, 5.74) is 5.31. The summed E-state index contributed by atoms with van der Waals surface area (Å²) in [7, 11) is 0. The standard InChI is InChI=1S/C23H24FNO.CH2O2/c24-18-8-10-19(11-9-18)25-21-7-2-1-6-20(21)22(16-4-3-5-16)23(25)17-12-14-26-15-13-17;2-1-3/h1-2,6-11,16-17H,3-5,12-15H2;1H,(H,2,3). The molecule has 2 aliphatic rings. The van der Waals surface area contributed by atoms with Crippen LogP contribution >= 0.6 is 0 Å². The number of carboxylic acid groups (broad SMARTS) is 1. The summed E-state index contributed by atoms with van der Waals surface area (Å²) in [6, 6.07) is 15.7. The van der Waals surface area contributed by atoms with Gasteiger partial charge in [-0.2, -0.15) is 0 Å². The van der Waals surface area contributed by atoms with E-state index in [0.29, 0.717) is 11.8 Å². The highest BCUT2D eigenvalue weighted by molar-refractivity contribution is 5.88. The number of hydrogen-bond acceptors (Lipinski definition) is 2. The number of nitrogens with zero attached hydrogens (tertiary/aromatic N) is 1. The second-order valence-electron chi connectivity index (χ2n) is 7.75. The number of halogens is 1. The summed E-state index contributed by atoms with van der Waals surface area (Å²) < 4.78 is 21.6. The molecule has 2 fully saturated rings. The van der Waals surface area contributed by atoms with E-state index in [9.17, 15) is 4.39 Å². The molecule has 0 spiro atoms. The summed E-state index contributed by atoms with van der Waals surface area (Å²) in [4.78, 5) is 8.36. The van der Waals surface area contributed by atoms with Crippen molar-refractivity contribution in [3.63, 3.8) is 0 Å². The van der Waals surface area contributed by atoms with Crippen LogP contribution in [0.5, 0.6) is 0 Å². The van der Waals surface area contributed by atoms with Crippen molar-refractivity contribution in [2.24, 2.45) is 0 Å². The molecule has 0 amide bonds. The van der Waals surface area contributed by atoms with Gasteiger partial charge in [0.25, 0.3) is 6.47 Å². The molecule has 4 nitrogen and oxygen atoms in total. The quantitative estimate of drug-likeness (QED) is 0.585. The van der Waals surface area contributed by atoms with Crippen LogP contribution in [0.4, 0.5) is 4.39 Å². The minimum Gasteiger partial charge on any atom is -0.483 e. The van der Waals surface area contributed by atoms with Crippen LogP contribution < -0.4 is 0 Å². The third-order valence-corrected chi connectivity index (χ3v) is 6.16. The number of para-hydroxylation sites is 1. The molecule has 2 heterocycles. The van der Waals surface area contributed by atoms with Gasteiger partial charge in [0, 0.05) is 35.9 Å². The van der Waals surface area contributed by atoms with E-state index in [-0.39, 0.29) is 12.3 Å². The highest BCUT2D eigenvalue weighted by Crippen LogP contribution is 2.47. The molecule has 1 aliphatic heterocycles. The van der Waals surface area contributed by atoms with Gasteiger partial charge in [-0.1, -0.05) is 24.6 Å². The molecule has 1 aromatic heterocycles. The molecule has 1 saturated carbocycles. The van der Waals surface area contributed by atoms with Gasteiger partial charge < -0.3 is 14.4 Å². The molecule has 3 aromatic rings. The summed E-state index contributed by atoms with van der Waals surface area (Å²) in [5.74, 6) is 0.994. The average Bonchev–Trinajstić information content (AvgIpc) is 3.04. The normalized spacial score (nSPS) is 17.4. The van der Waals surface area contributed by atoms with E-state index >= 15 is 0 Å². The molecule has 0 radical (unpaired) electrons. The molecule has 1 N–H and O–H groups in total. The number of carbonyl (C=O) groups is 1. The van der Waals surface area contributed by atoms with Crippen LogP contribution in [0.3, 0.4) is 0 Å². The van der Waals surface area contributed by atoms with E-state index in [1.807, 2.05) is 12.1 Å². The minimum absolute atomic E-state index is 0.183. The summed E-state index contributed by atoms with van der Waals surface area (Å²) >= 11 is 0. The van der Waals surface area contributed by atoms with Crippen LogP contribution in [-0.4, -0.2) is 29.4 Å². The second kappa shape index (κ2) is 8.78. The monoisotopic (exact) mass is 395 g/mol. The average molecular weight is 395 g/mol. The van der Waals surface area contributed by atoms with E-state index in [4.69, 9.17) is 14.6 Å². The van der Waals surface area contributed by atoms with E-state index in [1.165, 1.54) is 35.9 Å². The van der Waals surface area contributed by atoms with Gasteiger partial charge in [0.1, 0.15) is 5.82 Å². The molecule has 152 valence electrons. The van der Waals surface area contributed by atoms with Crippen molar-refractivity contribution in [2.45, 2.75) is 43.9 Å². The van der Waals surface area contributed by atoms with Gasteiger partial charge in [-0.15, -0.1) is 0 Å². The summed E-state index contributed by atoms with van der Waals surface area (Å²) in [5, 5.41) is 8.27. The molecule has 0 atom stereocenters. The summed E-state index contributed by atoms with van der Waals surface area (Å²) in [6.45, 7) is 1.42. The Kier molecular flexibility index (Phi) is 5.95. The van der Waals surface area contributed by atoms with Crippen LogP contribution in [0, 0.1) is 5.82 Å². The largest absolute Gasteiger partial charge is 0.483 e. The number of fused-ring (bicyclic) bond motifs is 1. The fourth-order valence-electron chi connectivity index (χ4n) is 4.65. The lowest BCUT2D eigenvalue weighted by Crippen LogP contribution is -2.20. The van der Waals surface area contributed by atoms with Crippen LogP contribution in [0.25, 0.3) is 16.6 Å². The number of rotatable bonds is 3. The van der Waals surface area contributed by atoms with E-state index in [0.717, 1.165) is 31.7 Å². The lowest BCUT2D eigenvalue weighted by Gasteiger charge is -2.31. The van der Waals surface area contributed by atoms with E-state index in [2.05, 4.69) is 28.8 Å². The van der Waals surface area contributed by atoms with Gasteiger partial charge >= 0.3 is 0 Å². The Labute approximate surface area is 169 Å². The van der Waals surface area contributed by atoms with Gasteiger partial charge in [-0.3, -0.25) is 4.79 Å². The van der Waals surface area contributed by atoms with Crippen molar-refractivity contribution < 1.29 is 19.0 Å². The maximum atomic E-state index is 13.5. The first-order chi connectivity index (χ1) is 14.2. The fourth-order valence-corrected chi connectivity index (χ4v) is 4.65. The number of aromatic nitrogens is 1. The second-order valence-corrected chi connectivity index (χ2v) is 7.75. The van der Waals surface area contributed by atoms with Gasteiger partial charge in [0.05, 0.1) is 5.52 Å². The zero-order chi connectivity index (χ0) is 20.2. The number of hydrogen-bond donors (Lipinski definition) is 1. The van der Waals surface area contributed by atoms with Crippen molar-refractivity contribution in [1.82, 2.24) is 4.57 Å². The smallest absolute Gasteiger partial charge is 0.290 e. The minimum atomic E-state index is -0.250. The van der Waals surface area contributed by atoms with Crippen LogP contribution in [0.1, 0.15) is 55.2 Å². The maximum Gasteiger partial charge on any atom is 0.290 e. The molecule has 29 heavy (non-hydrogen) atoms. The van der Waals surface area contributed by atoms with Crippen molar-refractivity contribution in [3.8, 4) is 5.69 Å². The molecule has 1 aliphatic carbocycles. The van der Waals surface area contributed by atoms with Crippen LogP contribution in [-0.2, 0) is 9.53 Å². The predicted octanol–water partition coefficient (Wildman–Crippen LogP) is 5.63. The lowest BCUT2D eigenvalue weighted by molar-refractivity contribution is -0.122. The van der Waals surface area contributed by atoms with Gasteiger partial charge in [0.15, 0.2) is 0 Å². The first-order valence-electron chi connectivity index (χ1n) is 10.3. The Morgan fingerprint density at radius 3 is 2.24 bits per heavy atom. The molecule has 2 aromatic carbocycles. The zero-order valence-electron chi connectivity index (χ0n) is 16.4. The Morgan fingerprint density at radius 1 is 0.966 bits per heavy atom. The SMILES string of the molecule is Fc1ccc(-n2c(C3CCOCC3)c(C3CCC3)c3ccccc32)cc1.O=CO. The zero-order valence-corrected chi connectivity index (χ0v) is 16.4. The Hall–Kier alpha value is -2.66. The number of benzene rings is 2. The van der Waals surface area contributed by atoms with Crippen molar-refractivity contribution in [3.05, 3.63) is 65.6 Å². The third-order valence-electron chi connectivity index (χ3n) is 6.16. The molecule has 5 rings (SSSR count). The molecule has 1 saturated heterocycles. The Morgan fingerprint density at radius 2 is 1.62 bits per heavy atom. The first kappa shape index (κ1) is 19.6. The number of ether oxygens (including phenoxy) is 1. The maximum absolute atomic E-state index is 13.5. The molecule has 0 bridgehead atoms. The fraction of sp³-hybridized carbons (Fsp3) is 0.375. The predicted molar refractivity (Wildman–Crippen MR) is 111 cm³/mol. The Balaban J connectivity index is 0.000000645. The molecular formula is C24H26FNO3. The summed E-state index contributed by atoms with van der Waals surface area (Å²) in [6.07, 6.45) is 6.03. The van der Waals surface area contributed by atoms with Crippen molar-refractivity contribution in [1.29, 1.82) is 0 Å². The van der Waals surface area contributed by atoms with Gasteiger partial charge in [-0.05, 0) is 67.5 Å². The lowest BCUT2D eigenvalue weighted by atomic mass is 9.76. The van der Waals surface area contributed by atoms with Crippen LogP contribution in [0.15, 0.2) is 48.5 Å². The van der Waals surface area contributed by atoms with Crippen molar-refractivity contribution >= 4 is 17.4 Å². The topological polar surface area (TPSA) is 51.5 Å². The van der Waals surface area contributed by atoms with E-state index in [1.54, 1.807) is 17.7 Å². The molecule has 0 unspecified atom stereocenters. The van der Waals surface area contributed by atoms with E-state index < -0.39 is 0 Å². The highest BCUT2D eigenvalue weighted by atomic mass is 19.1. The van der Waals surface area contributed by atoms with Gasteiger partial charge in [0.2, 0.25) is 0 Å². The van der Waals surface area contributed by atoms with Crippen LogP contribution in [0.2, 0.25) is 0 Å². The van der Waals surface area contributed by atoms with Gasteiger partial charge in [-0.25, -0.2) is 4.39 Å². The van der Waals surface area contributed by atoms with Crippen molar-refractivity contribution in [2.75, 3.05) is 13.2 Å². The molecular weight excluding hydrogens is 369 g/mol. The first-order valence-corrected chi connectivity index (χ1v) is 10.3. The Bertz CT molecular complexity index is 970. The molecule has 5 heteroatoms. The highest BCUT2D eigenvalue weighted by Gasteiger charge is 2.32.